The van der Waals surface area contributed by atoms with E-state index in [4.69, 9.17) is 4.74 Å². The lowest BCUT2D eigenvalue weighted by Gasteiger charge is -2.14. The van der Waals surface area contributed by atoms with E-state index in [2.05, 4.69) is 29.1 Å². The Kier molecular flexibility index (Phi) is 4.23. The lowest BCUT2D eigenvalue weighted by molar-refractivity contribution is 0.409. The van der Waals surface area contributed by atoms with E-state index in [9.17, 15) is 5.11 Å². The predicted octanol–water partition coefficient (Wildman–Crippen LogP) is 3.31. The molecule has 96 valence electrons. The van der Waals surface area contributed by atoms with Gasteiger partial charge >= 0.3 is 0 Å². The van der Waals surface area contributed by atoms with Gasteiger partial charge in [0.05, 0.1) is 7.11 Å². The van der Waals surface area contributed by atoms with Crippen LogP contribution in [0.5, 0.6) is 11.5 Å². The van der Waals surface area contributed by atoms with Gasteiger partial charge in [0.15, 0.2) is 0 Å². The van der Waals surface area contributed by atoms with Crippen LogP contribution in [0.4, 0.5) is 0 Å². The van der Waals surface area contributed by atoms with Crippen molar-refractivity contribution in [2.24, 2.45) is 0 Å². The van der Waals surface area contributed by atoms with Gasteiger partial charge in [-0.05, 0) is 47.5 Å². The summed E-state index contributed by atoms with van der Waals surface area (Å²) in [6.07, 6.45) is 0. The Balaban J connectivity index is 2.01. The van der Waals surface area contributed by atoms with Gasteiger partial charge in [0.25, 0.3) is 0 Å². The van der Waals surface area contributed by atoms with E-state index >= 15 is 0 Å². The molecule has 1 aromatic carbocycles. The Morgan fingerprint density at radius 3 is 2.89 bits per heavy atom. The Bertz CT molecular complexity index is 497. The summed E-state index contributed by atoms with van der Waals surface area (Å²) in [5.74, 6) is 1.05. The van der Waals surface area contributed by atoms with E-state index in [1.165, 1.54) is 5.56 Å². The summed E-state index contributed by atoms with van der Waals surface area (Å²) in [5.41, 5.74) is 2.11. The van der Waals surface area contributed by atoms with Crippen molar-refractivity contribution < 1.29 is 9.84 Å². The maximum absolute atomic E-state index is 9.78. The molecule has 0 aliphatic heterocycles. The van der Waals surface area contributed by atoms with Gasteiger partial charge in [0.2, 0.25) is 0 Å². The first kappa shape index (κ1) is 12.9. The van der Waals surface area contributed by atoms with E-state index in [1.807, 2.05) is 6.07 Å². The summed E-state index contributed by atoms with van der Waals surface area (Å²) in [4.78, 5) is 0. The van der Waals surface area contributed by atoms with Gasteiger partial charge in [-0.2, -0.15) is 11.3 Å². The molecule has 0 saturated carbocycles. The second kappa shape index (κ2) is 5.89. The summed E-state index contributed by atoms with van der Waals surface area (Å²) in [7, 11) is 1.62. The summed E-state index contributed by atoms with van der Waals surface area (Å²) in [6, 6.07) is 7.63. The first-order valence-corrected chi connectivity index (χ1v) is 6.76. The van der Waals surface area contributed by atoms with Crippen molar-refractivity contribution in [1.82, 2.24) is 5.32 Å². The van der Waals surface area contributed by atoms with Crippen molar-refractivity contribution in [3.8, 4) is 11.5 Å². The van der Waals surface area contributed by atoms with Gasteiger partial charge in [0, 0.05) is 18.2 Å². The van der Waals surface area contributed by atoms with E-state index in [0.717, 1.165) is 11.3 Å². The van der Waals surface area contributed by atoms with E-state index in [0.29, 0.717) is 12.3 Å². The molecule has 2 N–H and O–H groups in total. The van der Waals surface area contributed by atoms with Crippen LogP contribution >= 0.6 is 11.3 Å². The van der Waals surface area contributed by atoms with Crippen molar-refractivity contribution in [1.29, 1.82) is 0 Å². The number of ether oxygens (including phenoxy) is 1. The number of thiophene rings is 1. The normalized spacial score (nSPS) is 12.3. The molecule has 0 radical (unpaired) electrons. The molecule has 0 saturated heterocycles. The van der Waals surface area contributed by atoms with Crippen molar-refractivity contribution in [3.05, 3.63) is 46.2 Å². The van der Waals surface area contributed by atoms with Crippen molar-refractivity contribution >= 4 is 11.3 Å². The molecule has 0 bridgehead atoms. The zero-order valence-electron chi connectivity index (χ0n) is 10.5. The van der Waals surface area contributed by atoms with Crippen molar-refractivity contribution in [3.63, 3.8) is 0 Å². The number of phenols is 1. The molecule has 0 amide bonds. The molecule has 1 aromatic heterocycles. The largest absolute Gasteiger partial charge is 0.508 e. The summed E-state index contributed by atoms with van der Waals surface area (Å²) < 4.78 is 5.15. The quantitative estimate of drug-likeness (QED) is 0.869. The first-order valence-electron chi connectivity index (χ1n) is 5.82. The molecule has 1 unspecified atom stereocenters. The number of methoxy groups -OCH3 is 1. The molecule has 2 aromatic rings. The Morgan fingerprint density at radius 2 is 2.22 bits per heavy atom. The molecule has 1 heterocycles. The van der Waals surface area contributed by atoms with Gasteiger partial charge in [-0.15, -0.1) is 0 Å². The maximum atomic E-state index is 9.78. The van der Waals surface area contributed by atoms with Crippen LogP contribution in [0.1, 0.15) is 24.1 Å². The fourth-order valence-corrected chi connectivity index (χ4v) is 2.49. The summed E-state index contributed by atoms with van der Waals surface area (Å²) in [5, 5.41) is 17.4. The van der Waals surface area contributed by atoms with E-state index in [-0.39, 0.29) is 6.04 Å². The second-order valence-electron chi connectivity index (χ2n) is 4.15. The smallest absolute Gasteiger partial charge is 0.120 e. The Hall–Kier alpha value is -1.52. The molecule has 0 aliphatic carbocycles. The first-order chi connectivity index (χ1) is 8.70. The third-order valence-corrected chi connectivity index (χ3v) is 3.63. The number of hydrogen-bond donors (Lipinski definition) is 2. The number of nitrogens with one attached hydrogen (secondary N) is 1. The van der Waals surface area contributed by atoms with Gasteiger partial charge in [-0.1, -0.05) is 0 Å². The number of rotatable bonds is 5. The topological polar surface area (TPSA) is 41.5 Å². The van der Waals surface area contributed by atoms with Gasteiger partial charge < -0.3 is 15.2 Å². The molecule has 4 heteroatoms. The minimum atomic E-state index is 0.266. The van der Waals surface area contributed by atoms with E-state index < -0.39 is 0 Å². The maximum Gasteiger partial charge on any atom is 0.120 e. The molecule has 0 spiro atoms. The second-order valence-corrected chi connectivity index (χ2v) is 4.93. The third kappa shape index (κ3) is 3.03. The van der Waals surface area contributed by atoms with Crippen LogP contribution in [0.3, 0.4) is 0 Å². The molecule has 0 fully saturated rings. The molecule has 18 heavy (non-hydrogen) atoms. The fourth-order valence-electron chi connectivity index (χ4n) is 1.73. The van der Waals surface area contributed by atoms with Crippen LogP contribution in [-0.4, -0.2) is 12.2 Å². The Labute approximate surface area is 111 Å². The number of phenolic OH excluding ortho intramolecular Hbond substituents is 1. The molecule has 1 atom stereocenters. The number of benzene rings is 1. The molecule has 2 rings (SSSR count). The number of hydrogen-bond acceptors (Lipinski definition) is 4. The lowest BCUT2D eigenvalue weighted by Crippen LogP contribution is -2.17. The summed E-state index contributed by atoms with van der Waals surface area (Å²) >= 11 is 1.69. The van der Waals surface area contributed by atoms with Gasteiger partial charge in [0.1, 0.15) is 11.5 Å². The zero-order chi connectivity index (χ0) is 13.0. The average Bonchev–Trinajstić information content (AvgIpc) is 2.91. The van der Waals surface area contributed by atoms with Crippen LogP contribution in [0.2, 0.25) is 0 Å². The number of aromatic hydroxyl groups is 1. The van der Waals surface area contributed by atoms with Gasteiger partial charge in [-0.3, -0.25) is 0 Å². The molecule has 0 aliphatic rings. The highest BCUT2D eigenvalue weighted by Crippen LogP contribution is 2.24. The average molecular weight is 263 g/mol. The van der Waals surface area contributed by atoms with Crippen LogP contribution < -0.4 is 10.1 Å². The minimum absolute atomic E-state index is 0.266. The molecular formula is C14H17NO2S. The van der Waals surface area contributed by atoms with E-state index in [1.54, 1.807) is 30.6 Å². The zero-order valence-corrected chi connectivity index (χ0v) is 11.3. The molecule has 3 nitrogen and oxygen atoms in total. The van der Waals surface area contributed by atoms with Crippen LogP contribution in [0.25, 0.3) is 0 Å². The van der Waals surface area contributed by atoms with Crippen molar-refractivity contribution in [2.45, 2.75) is 19.5 Å². The van der Waals surface area contributed by atoms with Crippen LogP contribution in [0, 0.1) is 0 Å². The lowest BCUT2D eigenvalue weighted by atomic mass is 10.1. The third-order valence-electron chi connectivity index (χ3n) is 2.93. The van der Waals surface area contributed by atoms with Crippen molar-refractivity contribution in [2.75, 3.05) is 7.11 Å². The fraction of sp³-hybridized carbons (Fsp3) is 0.286. The summed E-state index contributed by atoms with van der Waals surface area (Å²) in [6.45, 7) is 2.72. The standard InChI is InChI=1S/C14H17NO2S/c1-10(11-5-6-18-9-11)15-8-12-7-13(17-2)3-4-14(12)16/h3-7,9-10,15-16H,8H2,1-2H3. The minimum Gasteiger partial charge on any atom is -0.508 e. The van der Waals surface area contributed by atoms with Gasteiger partial charge in [-0.25, -0.2) is 0 Å². The Morgan fingerprint density at radius 1 is 1.39 bits per heavy atom. The van der Waals surface area contributed by atoms with Crippen LogP contribution in [-0.2, 0) is 6.54 Å². The SMILES string of the molecule is COc1ccc(O)c(CNC(C)c2ccsc2)c1. The monoisotopic (exact) mass is 263 g/mol. The molecular weight excluding hydrogens is 246 g/mol. The predicted molar refractivity (Wildman–Crippen MR) is 74.2 cm³/mol. The highest BCUT2D eigenvalue weighted by atomic mass is 32.1. The van der Waals surface area contributed by atoms with Crippen LogP contribution in [0.15, 0.2) is 35.0 Å². The highest BCUT2D eigenvalue weighted by molar-refractivity contribution is 7.07. The highest BCUT2D eigenvalue weighted by Gasteiger charge is 2.08.